The summed E-state index contributed by atoms with van der Waals surface area (Å²) in [5, 5.41) is 9.80. The molecule has 0 spiro atoms. The fourth-order valence-electron chi connectivity index (χ4n) is 3.85. The van der Waals surface area contributed by atoms with Gasteiger partial charge in [-0.05, 0) is 25.5 Å². The number of nitrogens with zero attached hydrogens (tertiary/aromatic N) is 2. The second-order valence-electron chi connectivity index (χ2n) is 6.85. The van der Waals surface area contributed by atoms with Crippen molar-refractivity contribution in [3.63, 3.8) is 0 Å². The van der Waals surface area contributed by atoms with Crippen molar-refractivity contribution in [3.05, 3.63) is 35.4 Å². The Bertz CT molecular complexity index is 822. The van der Waals surface area contributed by atoms with Gasteiger partial charge in [0.15, 0.2) is 0 Å². The molecule has 1 unspecified atom stereocenters. The molecular weight excluding hydrogens is 344 g/mol. The molecule has 1 N–H and O–H groups in total. The van der Waals surface area contributed by atoms with Gasteiger partial charge in [-0.3, -0.25) is 9.59 Å². The van der Waals surface area contributed by atoms with Crippen molar-refractivity contribution in [1.29, 1.82) is 0 Å². The number of aryl methyl sites for hydroxylation is 1. The number of carboxylic acids is 1. The number of aliphatic carboxylic acids is 1. The van der Waals surface area contributed by atoms with Crippen LogP contribution in [0, 0.1) is 18.3 Å². The molecule has 1 aromatic carbocycles. The van der Waals surface area contributed by atoms with Gasteiger partial charge in [0.1, 0.15) is 5.41 Å². The first-order chi connectivity index (χ1) is 11.7. The van der Waals surface area contributed by atoms with Crippen LogP contribution in [0.1, 0.15) is 22.8 Å². The molecule has 1 aromatic rings. The quantitative estimate of drug-likeness (QED) is 0.851. The van der Waals surface area contributed by atoms with Crippen LogP contribution in [0.15, 0.2) is 24.3 Å². The zero-order valence-corrected chi connectivity index (χ0v) is 15.1. The van der Waals surface area contributed by atoms with E-state index < -0.39 is 21.4 Å². The van der Waals surface area contributed by atoms with Gasteiger partial charge >= 0.3 is 5.97 Å². The monoisotopic (exact) mass is 366 g/mol. The molecule has 7 nitrogen and oxygen atoms in total. The molecule has 3 rings (SSSR count). The van der Waals surface area contributed by atoms with Crippen LogP contribution in [0.2, 0.25) is 0 Å². The van der Waals surface area contributed by atoms with Crippen molar-refractivity contribution < 1.29 is 23.1 Å². The standard InChI is InChI=1S/C17H22N2O5S/c1-3-25(23,24)19-9-13-8-18(10-17(13,11-19)16(21)22)15(20)14-7-5-4-6-12(14)2/h4-7,13H,3,8-11H2,1-2H3,(H,21,22)/t13?,17-/m0/s1. The fraction of sp³-hybridized carbons (Fsp3) is 0.529. The Morgan fingerprint density at radius 3 is 2.48 bits per heavy atom. The molecule has 0 aliphatic carbocycles. The van der Waals surface area contributed by atoms with Crippen molar-refractivity contribution in [2.45, 2.75) is 13.8 Å². The van der Waals surface area contributed by atoms with E-state index in [1.165, 1.54) is 4.31 Å². The van der Waals surface area contributed by atoms with Gasteiger partial charge in [0.05, 0.1) is 5.75 Å². The number of carboxylic acid groups (broad SMARTS) is 1. The molecule has 2 saturated heterocycles. The molecule has 0 saturated carbocycles. The lowest BCUT2D eigenvalue weighted by Gasteiger charge is -2.25. The lowest BCUT2D eigenvalue weighted by Crippen LogP contribution is -2.43. The van der Waals surface area contributed by atoms with Crippen LogP contribution in [-0.2, 0) is 14.8 Å². The molecule has 2 atom stereocenters. The van der Waals surface area contributed by atoms with E-state index in [9.17, 15) is 23.1 Å². The van der Waals surface area contributed by atoms with Crippen LogP contribution >= 0.6 is 0 Å². The van der Waals surface area contributed by atoms with E-state index >= 15 is 0 Å². The molecule has 2 heterocycles. The normalized spacial score (nSPS) is 26.6. The number of rotatable bonds is 4. The van der Waals surface area contributed by atoms with Crippen LogP contribution in [0.3, 0.4) is 0 Å². The molecule has 0 aromatic heterocycles. The molecule has 0 bridgehead atoms. The summed E-state index contributed by atoms with van der Waals surface area (Å²) in [6.45, 7) is 3.77. The minimum absolute atomic E-state index is 0.0376. The van der Waals surface area contributed by atoms with E-state index in [1.54, 1.807) is 24.0 Å². The third kappa shape index (κ3) is 2.83. The number of amides is 1. The first kappa shape index (κ1) is 17.9. The largest absolute Gasteiger partial charge is 0.481 e. The van der Waals surface area contributed by atoms with Gasteiger partial charge in [-0.1, -0.05) is 18.2 Å². The molecule has 136 valence electrons. The molecular formula is C17H22N2O5S. The van der Waals surface area contributed by atoms with Crippen LogP contribution in [0.25, 0.3) is 0 Å². The minimum Gasteiger partial charge on any atom is -0.481 e. The molecule has 2 aliphatic rings. The number of hydrogen-bond acceptors (Lipinski definition) is 4. The van der Waals surface area contributed by atoms with E-state index in [1.807, 2.05) is 19.1 Å². The maximum atomic E-state index is 12.8. The van der Waals surface area contributed by atoms with Crippen LogP contribution in [0.5, 0.6) is 0 Å². The van der Waals surface area contributed by atoms with Crippen molar-refractivity contribution in [2.75, 3.05) is 31.9 Å². The number of carbonyl (C=O) groups excluding carboxylic acids is 1. The third-order valence-electron chi connectivity index (χ3n) is 5.42. The Morgan fingerprint density at radius 1 is 1.24 bits per heavy atom. The Morgan fingerprint density at radius 2 is 1.92 bits per heavy atom. The maximum absolute atomic E-state index is 12.8. The van der Waals surface area contributed by atoms with E-state index in [4.69, 9.17) is 0 Å². The topological polar surface area (TPSA) is 95.0 Å². The zero-order valence-electron chi connectivity index (χ0n) is 14.3. The highest BCUT2D eigenvalue weighted by Gasteiger charge is 2.60. The van der Waals surface area contributed by atoms with Crippen molar-refractivity contribution in [3.8, 4) is 0 Å². The Labute approximate surface area is 147 Å². The van der Waals surface area contributed by atoms with E-state index in [0.717, 1.165) is 5.56 Å². The van der Waals surface area contributed by atoms with Crippen LogP contribution in [0.4, 0.5) is 0 Å². The number of sulfonamides is 1. The number of fused-ring (bicyclic) bond motifs is 1. The summed E-state index contributed by atoms with van der Waals surface area (Å²) in [6.07, 6.45) is 0. The third-order valence-corrected chi connectivity index (χ3v) is 7.22. The SMILES string of the molecule is CCS(=O)(=O)N1CC2CN(C(=O)c3ccccc3C)C[C@]2(C(=O)O)C1. The summed E-state index contributed by atoms with van der Waals surface area (Å²) in [5.74, 6) is -1.68. The summed E-state index contributed by atoms with van der Waals surface area (Å²) in [4.78, 5) is 26.3. The summed E-state index contributed by atoms with van der Waals surface area (Å²) in [5.41, 5.74) is 0.172. The maximum Gasteiger partial charge on any atom is 0.313 e. The average molecular weight is 366 g/mol. The predicted molar refractivity (Wildman–Crippen MR) is 91.7 cm³/mol. The second-order valence-corrected chi connectivity index (χ2v) is 9.11. The van der Waals surface area contributed by atoms with Crippen LogP contribution in [-0.4, -0.2) is 66.5 Å². The van der Waals surface area contributed by atoms with Gasteiger partial charge in [-0.25, -0.2) is 12.7 Å². The zero-order chi connectivity index (χ0) is 18.4. The predicted octanol–water partition coefficient (Wildman–Crippen LogP) is 0.803. The van der Waals surface area contributed by atoms with E-state index in [2.05, 4.69) is 0 Å². The van der Waals surface area contributed by atoms with Gasteiger partial charge < -0.3 is 10.0 Å². The lowest BCUT2D eigenvalue weighted by atomic mass is 9.81. The van der Waals surface area contributed by atoms with Gasteiger partial charge in [0.2, 0.25) is 10.0 Å². The van der Waals surface area contributed by atoms with Crippen molar-refractivity contribution in [1.82, 2.24) is 9.21 Å². The van der Waals surface area contributed by atoms with E-state index in [0.29, 0.717) is 5.56 Å². The molecule has 2 aliphatic heterocycles. The Balaban J connectivity index is 1.87. The number of carbonyl (C=O) groups is 2. The number of likely N-dealkylation sites (tertiary alicyclic amines) is 1. The Hall–Kier alpha value is -1.93. The van der Waals surface area contributed by atoms with Gasteiger partial charge in [0, 0.05) is 37.7 Å². The molecule has 8 heteroatoms. The van der Waals surface area contributed by atoms with Gasteiger partial charge in [0.25, 0.3) is 5.91 Å². The van der Waals surface area contributed by atoms with Gasteiger partial charge in [-0.15, -0.1) is 0 Å². The second kappa shape index (κ2) is 6.10. The van der Waals surface area contributed by atoms with Crippen LogP contribution < -0.4 is 0 Å². The summed E-state index contributed by atoms with van der Waals surface area (Å²) < 4.78 is 25.5. The number of hydrogen-bond donors (Lipinski definition) is 1. The highest BCUT2D eigenvalue weighted by molar-refractivity contribution is 7.89. The molecule has 2 fully saturated rings. The smallest absolute Gasteiger partial charge is 0.313 e. The summed E-state index contributed by atoms with van der Waals surface area (Å²) in [6, 6.07) is 7.19. The Kier molecular flexibility index (Phi) is 4.36. The van der Waals surface area contributed by atoms with Gasteiger partial charge in [-0.2, -0.15) is 0 Å². The highest BCUT2D eigenvalue weighted by atomic mass is 32.2. The van der Waals surface area contributed by atoms with Crippen molar-refractivity contribution >= 4 is 21.9 Å². The summed E-state index contributed by atoms with van der Waals surface area (Å²) >= 11 is 0. The van der Waals surface area contributed by atoms with Crippen molar-refractivity contribution in [2.24, 2.45) is 11.3 Å². The molecule has 1 amide bonds. The van der Waals surface area contributed by atoms with E-state index in [-0.39, 0.29) is 43.8 Å². The first-order valence-corrected chi connectivity index (χ1v) is 9.88. The first-order valence-electron chi connectivity index (χ1n) is 8.27. The average Bonchev–Trinajstić information content (AvgIpc) is 3.10. The lowest BCUT2D eigenvalue weighted by molar-refractivity contribution is -0.148. The minimum atomic E-state index is -3.44. The summed E-state index contributed by atoms with van der Waals surface area (Å²) in [7, 11) is -3.44. The number of benzene rings is 1. The molecule has 25 heavy (non-hydrogen) atoms. The highest BCUT2D eigenvalue weighted by Crippen LogP contribution is 2.44. The molecule has 0 radical (unpaired) electrons. The fourth-order valence-corrected chi connectivity index (χ4v) is 5.05.